The van der Waals surface area contributed by atoms with Gasteiger partial charge in [0, 0.05) is 29.5 Å². The summed E-state index contributed by atoms with van der Waals surface area (Å²) in [6, 6.07) is 9.82. The van der Waals surface area contributed by atoms with Gasteiger partial charge in [-0.2, -0.15) is 5.26 Å². The second-order valence-electron chi connectivity index (χ2n) is 3.94. The van der Waals surface area contributed by atoms with E-state index in [0.29, 0.717) is 17.1 Å². The Balaban J connectivity index is 2.03. The number of pyridine rings is 1. The Hall–Kier alpha value is -2.07. The summed E-state index contributed by atoms with van der Waals surface area (Å²) in [5.41, 5.74) is 1.48. The van der Waals surface area contributed by atoms with Crippen LogP contribution in [0.25, 0.3) is 10.9 Å². The summed E-state index contributed by atoms with van der Waals surface area (Å²) in [5.74, 6) is 1.25. The van der Waals surface area contributed by atoms with E-state index in [-0.39, 0.29) is 0 Å². The minimum atomic E-state index is 0.432. The van der Waals surface area contributed by atoms with Crippen LogP contribution >= 0.6 is 22.6 Å². The van der Waals surface area contributed by atoms with Gasteiger partial charge in [-0.05, 0) is 46.9 Å². The monoisotopic (exact) mass is 361 g/mol. The van der Waals surface area contributed by atoms with Gasteiger partial charge in [-0.3, -0.25) is 4.98 Å². The summed E-state index contributed by atoms with van der Waals surface area (Å²) in [4.78, 5) is 7.11. The van der Waals surface area contributed by atoms with E-state index in [1.54, 1.807) is 6.20 Å². The number of fused-ring (bicyclic) bond motifs is 1. The number of H-pyrrole nitrogens is 1. The fourth-order valence-electron chi connectivity index (χ4n) is 1.82. The first kappa shape index (κ1) is 12.0. The standard InChI is InChI=1S/C14H8IN3O/c15-12-8-17-7-10(6-16)14(12)19-11-1-2-13-9(5-11)3-4-18-13/h1-5,7-8,18H. The van der Waals surface area contributed by atoms with Gasteiger partial charge in [-0.15, -0.1) is 0 Å². The maximum Gasteiger partial charge on any atom is 0.161 e. The molecule has 92 valence electrons. The van der Waals surface area contributed by atoms with E-state index in [9.17, 15) is 0 Å². The number of aromatic nitrogens is 2. The number of nitrogens with one attached hydrogen (secondary N) is 1. The molecule has 0 spiro atoms. The lowest BCUT2D eigenvalue weighted by Gasteiger charge is -2.08. The molecule has 3 rings (SSSR count). The molecular formula is C14H8IN3O. The molecule has 19 heavy (non-hydrogen) atoms. The molecule has 1 N–H and O–H groups in total. The SMILES string of the molecule is N#Cc1cncc(I)c1Oc1ccc2[nH]ccc2c1. The van der Waals surface area contributed by atoms with E-state index >= 15 is 0 Å². The van der Waals surface area contributed by atoms with Gasteiger partial charge in [0.15, 0.2) is 5.75 Å². The van der Waals surface area contributed by atoms with E-state index in [1.165, 1.54) is 6.20 Å². The van der Waals surface area contributed by atoms with Gasteiger partial charge >= 0.3 is 0 Å². The number of nitriles is 1. The van der Waals surface area contributed by atoms with Crippen LogP contribution in [0.5, 0.6) is 11.5 Å². The minimum Gasteiger partial charge on any atom is -0.455 e. The first-order valence-corrected chi connectivity index (χ1v) is 6.64. The van der Waals surface area contributed by atoms with Gasteiger partial charge in [0.05, 0.1) is 3.57 Å². The second-order valence-corrected chi connectivity index (χ2v) is 5.10. The molecule has 3 aromatic rings. The highest BCUT2D eigenvalue weighted by atomic mass is 127. The summed E-state index contributed by atoms with van der Waals surface area (Å²) in [6.45, 7) is 0. The van der Waals surface area contributed by atoms with Crippen molar-refractivity contribution < 1.29 is 4.74 Å². The Morgan fingerprint density at radius 3 is 3.00 bits per heavy atom. The number of halogens is 1. The summed E-state index contributed by atoms with van der Waals surface area (Å²) < 4.78 is 6.64. The van der Waals surface area contributed by atoms with Crippen LogP contribution in [0.3, 0.4) is 0 Å². The average Bonchev–Trinajstić information content (AvgIpc) is 2.88. The van der Waals surface area contributed by atoms with Crippen LogP contribution in [-0.2, 0) is 0 Å². The first-order valence-electron chi connectivity index (χ1n) is 5.56. The fourth-order valence-corrected chi connectivity index (χ4v) is 2.38. The third-order valence-corrected chi connectivity index (χ3v) is 3.49. The van der Waals surface area contributed by atoms with Crippen molar-refractivity contribution in [2.24, 2.45) is 0 Å². The Bertz CT molecular complexity index is 789. The van der Waals surface area contributed by atoms with Crippen molar-refractivity contribution in [2.45, 2.75) is 0 Å². The van der Waals surface area contributed by atoms with E-state index < -0.39 is 0 Å². The van der Waals surface area contributed by atoms with Gasteiger partial charge in [-0.25, -0.2) is 0 Å². The molecule has 0 amide bonds. The topological polar surface area (TPSA) is 61.7 Å². The van der Waals surface area contributed by atoms with Crippen molar-refractivity contribution in [1.29, 1.82) is 5.26 Å². The molecule has 0 saturated carbocycles. The fraction of sp³-hybridized carbons (Fsp3) is 0. The van der Waals surface area contributed by atoms with Crippen molar-refractivity contribution in [1.82, 2.24) is 9.97 Å². The zero-order valence-electron chi connectivity index (χ0n) is 9.72. The lowest BCUT2D eigenvalue weighted by Crippen LogP contribution is -1.92. The summed E-state index contributed by atoms with van der Waals surface area (Å²) >= 11 is 2.11. The number of ether oxygens (including phenoxy) is 1. The summed E-state index contributed by atoms with van der Waals surface area (Å²) in [6.07, 6.45) is 5.06. The normalized spacial score (nSPS) is 10.3. The Morgan fingerprint density at radius 1 is 1.26 bits per heavy atom. The minimum absolute atomic E-state index is 0.432. The average molecular weight is 361 g/mol. The number of nitrogens with zero attached hydrogens (tertiary/aromatic N) is 2. The van der Waals surface area contributed by atoms with E-state index in [4.69, 9.17) is 10.00 Å². The van der Waals surface area contributed by atoms with Crippen molar-refractivity contribution in [3.63, 3.8) is 0 Å². The molecule has 0 bridgehead atoms. The number of hydrogen-bond acceptors (Lipinski definition) is 3. The van der Waals surface area contributed by atoms with Gasteiger partial charge in [-0.1, -0.05) is 0 Å². The Morgan fingerprint density at radius 2 is 2.16 bits per heavy atom. The molecule has 0 saturated heterocycles. The third kappa shape index (κ3) is 2.27. The molecule has 1 aromatic carbocycles. The number of benzene rings is 1. The highest BCUT2D eigenvalue weighted by molar-refractivity contribution is 14.1. The molecule has 0 unspecified atom stereocenters. The molecule has 0 aliphatic heterocycles. The molecule has 2 aromatic heterocycles. The zero-order valence-corrected chi connectivity index (χ0v) is 11.9. The zero-order chi connectivity index (χ0) is 13.2. The Kier molecular flexibility index (Phi) is 3.09. The molecule has 0 aliphatic rings. The molecule has 0 atom stereocenters. The van der Waals surface area contributed by atoms with E-state index in [0.717, 1.165) is 14.5 Å². The van der Waals surface area contributed by atoms with Gasteiger partial charge in [0.25, 0.3) is 0 Å². The first-order chi connectivity index (χ1) is 9.28. The van der Waals surface area contributed by atoms with Crippen LogP contribution in [0.15, 0.2) is 42.9 Å². The van der Waals surface area contributed by atoms with Crippen LogP contribution in [0.2, 0.25) is 0 Å². The molecule has 0 fully saturated rings. The molecule has 0 radical (unpaired) electrons. The third-order valence-electron chi connectivity index (χ3n) is 2.72. The van der Waals surface area contributed by atoms with Crippen molar-refractivity contribution in [3.05, 3.63) is 52.0 Å². The number of hydrogen-bond donors (Lipinski definition) is 1. The van der Waals surface area contributed by atoms with Gasteiger partial charge in [0.2, 0.25) is 0 Å². The summed E-state index contributed by atoms with van der Waals surface area (Å²) in [5, 5.41) is 10.2. The molecule has 4 nitrogen and oxygen atoms in total. The lowest BCUT2D eigenvalue weighted by molar-refractivity contribution is 0.477. The molecule has 2 heterocycles. The van der Waals surface area contributed by atoms with Crippen LogP contribution in [0.4, 0.5) is 0 Å². The van der Waals surface area contributed by atoms with Gasteiger partial charge < -0.3 is 9.72 Å². The smallest absolute Gasteiger partial charge is 0.161 e. The maximum atomic E-state index is 9.08. The van der Waals surface area contributed by atoms with Gasteiger partial charge in [0.1, 0.15) is 17.4 Å². The highest BCUT2D eigenvalue weighted by Crippen LogP contribution is 2.30. The highest BCUT2D eigenvalue weighted by Gasteiger charge is 2.10. The second kappa shape index (κ2) is 4.90. The number of rotatable bonds is 2. The maximum absolute atomic E-state index is 9.08. The molecular weight excluding hydrogens is 353 g/mol. The van der Waals surface area contributed by atoms with E-state index in [2.05, 4.69) is 38.6 Å². The predicted molar refractivity (Wildman–Crippen MR) is 80.0 cm³/mol. The quantitative estimate of drug-likeness (QED) is 0.706. The molecule has 0 aliphatic carbocycles. The predicted octanol–water partition coefficient (Wildman–Crippen LogP) is 3.83. The van der Waals surface area contributed by atoms with Crippen LogP contribution in [0.1, 0.15) is 5.56 Å². The van der Waals surface area contributed by atoms with Crippen molar-refractivity contribution >= 4 is 33.5 Å². The lowest BCUT2D eigenvalue weighted by atomic mass is 10.2. The van der Waals surface area contributed by atoms with Crippen molar-refractivity contribution in [2.75, 3.05) is 0 Å². The van der Waals surface area contributed by atoms with E-state index in [1.807, 2.05) is 30.5 Å². The molecule has 5 heteroatoms. The Labute approximate surface area is 123 Å². The largest absolute Gasteiger partial charge is 0.455 e. The van der Waals surface area contributed by atoms with Crippen molar-refractivity contribution in [3.8, 4) is 17.6 Å². The van der Waals surface area contributed by atoms with Crippen LogP contribution in [0, 0.1) is 14.9 Å². The summed E-state index contributed by atoms with van der Waals surface area (Å²) in [7, 11) is 0. The van der Waals surface area contributed by atoms with Crippen LogP contribution in [-0.4, -0.2) is 9.97 Å². The number of aromatic amines is 1. The van der Waals surface area contributed by atoms with Crippen LogP contribution < -0.4 is 4.74 Å².